The highest BCUT2D eigenvalue weighted by Gasteiger charge is 2.19. The monoisotopic (exact) mass is 266 g/mol. The van der Waals surface area contributed by atoms with Gasteiger partial charge in [-0.15, -0.1) is 0 Å². The predicted molar refractivity (Wildman–Crippen MR) is 75.4 cm³/mol. The minimum absolute atomic E-state index is 0.0860. The summed E-state index contributed by atoms with van der Waals surface area (Å²) in [6.45, 7) is 8.99. The quantitative estimate of drug-likeness (QED) is 0.791. The second kappa shape index (κ2) is 6.36. The van der Waals surface area contributed by atoms with Crippen LogP contribution < -0.4 is 10.6 Å². The van der Waals surface area contributed by atoms with Gasteiger partial charge in [0.2, 0.25) is 0 Å². The first-order valence-electron chi connectivity index (χ1n) is 6.31. The number of ether oxygens (including phenoxy) is 1. The molecule has 2 N–H and O–H groups in total. The van der Waals surface area contributed by atoms with Crippen molar-refractivity contribution < 1.29 is 9.53 Å². The molecule has 106 valence electrons. The molecule has 0 radical (unpaired) electrons. The average molecular weight is 266 g/mol. The summed E-state index contributed by atoms with van der Waals surface area (Å²) < 4.78 is 4.59. The fraction of sp³-hybridized carbons (Fsp3) is 0.615. The number of methoxy groups -OCH3 is 1. The summed E-state index contributed by atoms with van der Waals surface area (Å²) in [5.74, 6) is 1.75. The summed E-state index contributed by atoms with van der Waals surface area (Å²) >= 11 is 0. The van der Waals surface area contributed by atoms with E-state index in [1.807, 2.05) is 27.7 Å². The Balaban J connectivity index is 2.96. The van der Waals surface area contributed by atoms with E-state index in [0.29, 0.717) is 5.82 Å². The van der Waals surface area contributed by atoms with E-state index in [2.05, 4.69) is 25.3 Å². The van der Waals surface area contributed by atoms with Crippen LogP contribution in [0.15, 0.2) is 6.07 Å². The number of hydrogen-bond donors (Lipinski definition) is 2. The average Bonchev–Trinajstić information content (AvgIpc) is 2.35. The molecule has 0 aliphatic heterocycles. The summed E-state index contributed by atoms with van der Waals surface area (Å²) in [7, 11) is 1.36. The molecule has 6 heteroatoms. The number of rotatable bonds is 5. The lowest BCUT2D eigenvalue weighted by atomic mass is 9.96. The summed E-state index contributed by atoms with van der Waals surface area (Å²) in [4.78, 5) is 20.0. The van der Waals surface area contributed by atoms with Gasteiger partial charge in [0.05, 0.1) is 7.11 Å². The van der Waals surface area contributed by atoms with Crippen LogP contribution in [0.1, 0.15) is 33.5 Å². The number of carbonyl (C=O) groups is 1. The van der Waals surface area contributed by atoms with Gasteiger partial charge in [-0.1, -0.05) is 20.8 Å². The van der Waals surface area contributed by atoms with E-state index in [-0.39, 0.29) is 17.9 Å². The standard InChI is InChI=1S/C13H22N4O2/c1-6-14-9-7-10(15-8-11(18)19-5)17-12(16-9)13(2,3)4/h7H,6,8H2,1-5H3,(H2,14,15,16,17). The first-order chi connectivity index (χ1) is 8.86. The van der Waals surface area contributed by atoms with E-state index in [0.717, 1.165) is 18.2 Å². The van der Waals surface area contributed by atoms with Crippen LogP contribution in [0.2, 0.25) is 0 Å². The third-order valence-corrected chi connectivity index (χ3v) is 2.40. The predicted octanol–water partition coefficient (Wildman–Crippen LogP) is 1.79. The van der Waals surface area contributed by atoms with Crippen LogP contribution in [0.3, 0.4) is 0 Å². The second-order valence-corrected chi connectivity index (χ2v) is 5.17. The molecule has 0 bridgehead atoms. The zero-order valence-electron chi connectivity index (χ0n) is 12.2. The molecule has 0 aliphatic carbocycles. The van der Waals surface area contributed by atoms with E-state index in [1.165, 1.54) is 7.11 Å². The summed E-state index contributed by atoms with van der Waals surface area (Å²) in [5, 5.41) is 6.10. The van der Waals surface area contributed by atoms with Crippen LogP contribution in [0.5, 0.6) is 0 Å². The molecule has 6 nitrogen and oxygen atoms in total. The van der Waals surface area contributed by atoms with Gasteiger partial charge in [-0.3, -0.25) is 4.79 Å². The Bertz CT molecular complexity index is 441. The minimum atomic E-state index is -0.332. The molecule has 0 fully saturated rings. The molecule has 0 saturated heterocycles. The van der Waals surface area contributed by atoms with Crippen molar-refractivity contribution in [3.05, 3.63) is 11.9 Å². The molecule has 0 unspecified atom stereocenters. The molecule has 1 aromatic rings. The van der Waals surface area contributed by atoms with Crippen molar-refractivity contribution in [2.75, 3.05) is 30.8 Å². The van der Waals surface area contributed by atoms with Crippen molar-refractivity contribution in [1.29, 1.82) is 0 Å². The van der Waals surface area contributed by atoms with Crippen LogP contribution >= 0.6 is 0 Å². The van der Waals surface area contributed by atoms with E-state index in [4.69, 9.17) is 0 Å². The summed E-state index contributed by atoms with van der Waals surface area (Å²) in [6.07, 6.45) is 0. The fourth-order valence-electron chi connectivity index (χ4n) is 1.38. The van der Waals surface area contributed by atoms with Crippen molar-refractivity contribution in [2.45, 2.75) is 33.1 Å². The Morgan fingerprint density at radius 1 is 1.26 bits per heavy atom. The molecule has 19 heavy (non-hydrogen) atoms. The molecule has 0 saturated carbocycles. The van der Waals surface area contributed by atoms with Gasteiger partial charge >= 0.3 is 5.97 Å². The van der Waals surface area contributed by atoms with Crippen LogP contribution in [0, 0.1) is 0 Å². The maximum absolute atomic E-state index is 11.1. The second-order valence-electron chi connectivity index (χ2n) is 5.17. The van der Waals surface area contributed by atoms with Gasteiger partial charge in [0.15, 0.2) is 0 Å². The smallest absolute Gasteiger partial charge is 0.325 e. The van der Waals surface area contributed by atoms with E-state index in [1.54, 1.807) is 6.07 Å². The van der Waals surface area contributed by atoms with E-state index >= 15 is 0 Å². The van der Waals surface area contributed by atoms with Crippen LogP contribution in [0.25, 0.3) is 0 Å². The highest BCUT2D eigenvalue weighted by Crippen LogP contribution is 2.22. The lowest BCUT2D eigenvalue weighted by Gasteiger charge is -2.19. The maximum Gasteiger partial charge on any atom is 0.325 e. The van der Waals surface area contributed by atoms with Crippen LogP contribution in [0.4, 0.5) is 11.6 Å². The highest BCUT2D eigenvalue weighted by molar-refractivity contribution is 5.74. The number of aromatic nitrogens is 2. The Morgan fingerprint density at radius 3 is 2.32 bits per heavy atom. The number of esters is 1. The van der Waals surface area contributed by atoms with Gasteiger partial charge in [-0.05, 0) is 6.92 Å². The van der Waals surface area contributed by atoms with Gasteiger partial charge in [-0.2, -0.15) is 0 Å². The lowest BCUT2D eigenvalue weighted by molar-refractivity contribution is -0.138. The fourth-order valence-corrected chi connectivity index (χ4v) is 1.38. The van der Waals surface area contributed by atoms with Crippen molar-refractivity contribution >= 4 is 17.6 Å². The molecular weight excluding hydrogens is 244 g/mol. The van der Waals surface area contributed by atoms with Crippen molar-refractivity contribution in [3.8, 4) is 0 Å². The number of anilines is 2. The third kappa shape index (κ3) is 4.73. The summed E-state index contributed by atoms with van der Waals surface area (Å²) in [6, 6.07) is 1.78. The SMILES string of the molecule is CCNc1cc(NCC(=O)OC)nc(C(C)(C)C)n1. The molecule has 0 amide bonds. The molecule has 1 aromatic heterocycles. The normalized spacial score (nSPS) is 11.0. The topological polar surface area (TPSA) is 76.1 Å². The molecule has 1 heterocycles. The van der Waals surface area contributed by atoms with Gasteiger partial charge in [-0.25, -0.2) is 9.97 Å². The van der Waals surface area contributed by atoms with Gasteiger partial charge < -0.3 is 15.4 Å². The Kier molecular flexibility index (Phi) is 5.09. The van der Waals surface area contributed by atoms with Crippen molar-refractivity contribution in [2.24, 2.45) is 0 Å². The number of nitrogens with zero attached hydrogens (tertiary/aromatic N) is 2. The molecule has 1 rings (SSSR count). The number of hydrogen-bond acceptors (Lipinski definition) is 6. The van der Waals surface area contributed by atoms with Crippen LogP contribution in [-0.2, 0) is 14.9 Å². The first-order valence-corrected chi connectivity index (χ1v) is 6.31. The Labute approximate surface area is 114 Å². The minimum Gasteiger partial charge on any atom is -0.468 e. The highest BCUT2D eigenvalue weighted by atomic mass is 16.5. The van der Waals surface area contributed by atoms with E-state index < -0.39 is 0 Å². The number of carbonyl (C=O) groups excluding carboxylic acids is 1. The third-order valence-electron chi connectivity index (χ3n) is 2.40. The largest absolute Gasteiger partial charge is 0.468 e. The van der Waals surface area contributed by atoms with Gasteiger partial charge in [0, 0.05) is 18.0 Å². The van der Waals surface area contributed by atoms with E-state index in [9.17, 15) is 4.79 Å². The van der Waals surface area contributed by atoms with Gasteiger partial charge in [0.1, 0.15) is 24.0 Å². The molecule has 0 aromatic carbocycles. The molecule has 0 aliphatic rings. The molecule has 0 atom stereocenters. The van der Waals surface area contributed by atoms with Gasteiger partial charge in [0.25, 0.3) is 0 Å². The summed E-state index contributed by atoms with van der Waals surface area (Å²) in [5.41, 5.74) is -0.160. The molecular formula is C13H22N4O2. The Morgan fingerprint density at radius 2 is 1.84 bits per heavy atom. The zero-order chi connectivity index (χ0) is 14.5. The first kappa shape index (κ1) is 15.2. The zero-order valence-corrected chi connectivity index (χ0v) is 12.2. The maximum atomic E-state index is 11.1. The van der Waals surface area contributed by atoms with Crippen molar-refractivity contribution in [3.63, 3.8) is 0 Å². The van der Waals surface area contributed by atoms with Crippen molar-refractivity contribution in [1.82, 2.24) is 9.97 Å². The van der Waals surface area contributed by atoms with Crippen LogP contribution in [-0.4, -0.2) is 36.1 Å². The lowest BCUT2D eigenvalue weighted by Crippen LogP contribution is -2.20. The Hall–Kier alpha value is -1.85. The number of nitrogens with one attached hydrogen (secondary N) is 2. The molecule has 0 spiro atoms.